The topological polar surface area (TPSA) is 51.2 Å². The van der Waals surface area contributed by atoms with Crippen molar-refractivity contribution in [2.75, 3.05) is 12.3 Å². The molecule has 0 unspecified atom stereocenters. The summed E-state index contributed by atoms with van der Waals surface area (Å²) >= 11 is 0. The Balaban J connectivity index is 1.65. The lowest BCUT2D eigenvalue weighted by Gasteiger charge is -2.05. The number of aryl methyl sites for hydroxylation is 1. The van der Waals surface area contributed by atoms with Gasteiger partial charge in [0, 0.05) is 17.8 Å². The summed E-state index contributed by atoms with van der Waals surface area (Å²) < 4.78 is 5.00. The van der Waals surface area contributed by atoms with E-state index in [1.54, 1.807) is 12.5 Å². The second-order valence-corrected chi connectivity index (χ2v) is 4.11. The van der Waals surface area contributed by atoms with Crippen molar-refractivity contribution in [2.24, 2.45) is 0 Å². The van der Waals surface area contributed by atoms with Crippen molar-refractivity contribution in [3.63, 3.8) is 0 Å². The van der Waals surface area contributed by atoms with Crippen molar-refractivity contribution in [2.45, 2.75) is 19.4 Å². The molecule has 0 atom stereocenters. The third kappa shape index (κ3) is 3.64. The number of benzene rings is 1. The highest BCUT2D eigenvalue weighted by Crippen LogP contribution is 2.12. The first-order chi connectivity index (χ1) is 8.36. The second kappa shape index (κ2) is 6.11. The van der Waals surface area contributed by atoms with Crippen LogP contribution < -0.4 is 11.1 Å². The molecule has 90 valence electrons. The highest BCUT2D eigenvalue weighted by molar-refractivity contribution is 5.46. The average molecular weight is 230 g/mol. The lowest BCUT2D eigenvalue weighted by molar-refractivity contribution is 0.559. The van der Waals surface area contributed by atoms with Gasteiger partial charge >= 0.3 is 0 Å². The molecule has 1 aromatic carbocycles. The number of rotatable bonds is 6. The quantitative estimate of drug-likeness (QED) is 0.592. The van der Waals surface area contributed by atoms with Gasteiger partial charge in [-0.05, 0) is 37.1 Å². The smallest absolute Gasteiger partial charge is 0.0947 e. The van der Waals surface area contributed by atoms with Crippen LogP contribution in [0.2, 0.25) is 0 Å². The monoisotopic (exact) mass is 230 g/mol. The van der Waals surface area contributed by atoms with Gasteiger partial charge in [0.1, 0.15) is 0 Å². The van der Waals surface area contributed by atoms with Crippen LogP contribution in [0.5, 0.6) is 0 Å². The Bertz CT molecular complexity index is 437. The SMILES string of the molecule is Nc1ccccc1CCCNCc1ccoc1. The fraction of sp³-hybridized carbons (Fsp3) is 0.286. The molecule has 17 heavy (non-hydrogen) atoms. The van der Waals surface area contributed by atoms with Gasteiger partial charge in [0.25, 0.3) is 0 Å². The molecular formula is C14H18N2O. The molecule has 0 aliphatic rings. The van der Waals surface area contributed by atoms with Gasteiger partial charge in [0.2, 0.25) is 0 Å². The van der Waals surface area contributed by atoms with Crippen molar-refractivity contribution in [1.29, 1.82) is 0 Å². The van der Waals surface area contributed by atoms with Gasteiger partial charge in [-0.2, -0.15) is 0 Å². The first kappa shape index (κ1) is 11.7. The molecule has 0 saturated carbocycles. The Labute approximate surface area is 102 Å². The molecule has 2 rings (SSSR count). The highest BCUT2D eigenvalue weighted by Gasteiger charge is 1.98. The Morgan fingerprint density at radius 3 is 2.82 bits per heavy atom. The van der Waals surface area contributed by atoms with E-state index >= 15 is 0 Å². The fourth-order valence-electron chi connectivity index (χ4n) is 1.79. The van der Waals surface area contributed by atoms with Crippen molar-refractivity contribution in [1.82, 2.24) is 5.32 Å². The summed E-state index contributed by atoms with van der Waals surface area (Å²) in [5, 5.41) is 3.38. The van der Waals surface area contributed by atoms with Gasteiger partial charge in [-0.15, -0.1) is 0 Å². The van der Waals surface area contributed by atoms with Crippen molar-refractivity contribution in [3.05, 3.63) is 54.0 Å². The molecule has 1 aromatic heterocycles. The van der Waals surface area contributed by atoms with Gasteiger partial charge in [0.05, 0.1) is 12.5 Å². The second-order valence-electron chi connectivity index (χ2n) is 4.11. The van der Waals surface area contributed by atoms with Crippen LogP contribution in [0.15, 0.2) is 47.3 Å². The number of anilines is 1. The minimum atomic E-state index is 0.862. The Kier molecular flexibility index (Phi) is 4.22. The summed E-state index contributed by atoms with van der Waals surface area (Å²) in [6.07, 6.45) is 5.57. The van der Waals surface area contributed by atoms with E-state index in [4.69, 9.17) is 10.2 Å². The van der Waals surface area contributed by atoms with E-state index < -0.39 is 0 Å². The average Bonchev–Trinajstić information content (AvgIpc) is 2.84. The van der Waals surface area contributed by atoms with Gasteiger partial charge in [-0.25, -0.2) is 0 Å². The third-order valence-corrected chi connectivity index (χ3v) is 2.76. The highest BCUT2D eigenvalue weighted by atomic mass is 16.3. The molecule has 0 aliphatic carbocycles. The summed E-state index contributed by atoms with van der Waals surface area (Å²) in [6, 6.07) is 10.0. The van der Waals surface area contributed by atoms with Gasteiger partial charge < -0.3 is 15.5 Å². The molecule has 0 saturated heterocycles. The standard InChI is InChI=1S/C14H18N2O/c15-14-6-2-1-4-13(14)5-3-8-16-10-12-7-9-17-11-12/h1-2,4,6-7,9,11,16H,3,5,8,10,15H2. The maximum absolute atomic E-state index is 5.88. The van der Waals surface area contributed by atoms with Crippen molar-refractivity contribution < 1.29 is 4.42 Å². The molecule has 0 bridgehead atoms. The number of hydrogen-bond acceptors (Lipinski definition) is 3. The number of para-hydroxylation sites is 1. The van der Waals surface area contributed by atoms with Crippen LogP contribution in [0.1, 0.15) is 17.5 Å². The minimum Gasteiger partial charge on any atom is -0.472 e. The summed E-state index contributed by atoms with van der Waals surface area (Å²) in [6.45, 7) is 1.85. The minimum absolute atomic E-state index is 0.862. The maximum atomic E-state index is 5.88. The predicted molar refractivity (Wildman–Crippen MR) is 69.6 cm³/mol. The van der Waals surface area contributed by atoms with Gasteiger partial charge in [0.15, 0.2) is 0 Å². The van der Waals surface area contributed by atoms with Crippen molar-refractivity contribution >= 4 is 5.69 Å². The van der Waals surface area contributed by atoms with Crippen LogP contribution in [-0.4, -0.2) is 6.54 Å². The Morgan fingerprint density at radius 1 is 1.18 bits per heavy atom. The molecule has 2 aromatic rings. The van der Waals surface area contributed by atoms with E-state index in [1.807, 2.05) is 24.3 Å². The van der Waals surface area contributed by atoms with Gasteiger partial charge in [-0.1, -0.05) is 18.2 Å². The number of nitrogens with one attached hydrogen (secondary N) is 1. The van der Waals surface area contributed by atoms with E-state index in [0.717, 1.165) is 31.6 Å². The Morgan fingerprint density at radius 2 is 2.06 bits per heavy atom. The van der Waals surface area contributed by atoms with Crippen LogP contribution in [0.25, 0.3) is 0 Å². The molecule has 3 nitrogen and oxygen atoms in total. The van der Waals surface area contributed by atoms with Crippen LogP contribution in [0.3, 0.4) is 0 Å². The van der Waals surface area contributed by atoms with E-state index in [-0.39, 0.29) is 0 Å². The van der Waals surface area contributed by atoms with Crippen LogP contribution >= 0.6 is 0 Å². The van der Waals surface area contributed by atoms with E-state index in [1.165, 1.54) is 11.1 Å². The number of nitrogen functional groups attached to an aromatic ring is 1. The molecule has 1 heterocycles. The predicted octanol–water partition coefficient (Wildman–Crippen LogP) is 2.58. The maximum Gasteiger partial charge on any atom is 0.0947 e. The third-order valence-electron chi connectivity index (χ3n) is 2.76. The molecule has 0 spiro atoms. The molecular weight excluding hydrogens is 212 g/mol. The first-order valence-corrected chi connectivity index (χ1v) is 5.91. The number of furan rings is 1. The zero-order valence-corrected chi connectivity index (χ0v) is 9.86. The largest absolute Gasteiger partial charge is 0.472 e. The zero-order valence-electron chi connectivity index (χ0n) is 9.86. The van der Waals surface area contributed by atoms with Crippen LogP contribution in [-0.2, 0) is 13.0 Å². The van der Waals surface area contributed by atoms with E-state index in [0.29, 0.717) is 0 Å². The molecule has 0 radical (unpaired) electrons. The molecule has 0 aliphatic heterocycles. The molecule has 0 fully saturated rings. The number of hydrogen-bond donors (Lipinski definition) is 2. The van der Waals surface area contributed by atoms with E-state index in [9.17, 15) is 0 Å². The molecule has 3 heteroatoms. The fourth-order valence-corrected chi connectivity index (χ4v) is 1.79. The Hall–Kier alpha value is -1.74. The first-order valence-electron chi connectivity index (χ1n) is 5.91. The summed E-state index contributed by atoms with van der Waals surface area (Å²) in [4.78, 5) is 0. The van der Waals surface area contributed by atoms with E-state index in [2.05, 4.69) is 11.4 Å². The lowest BCUT2D eigenvalue weighted by atomic mass is 10.1. The van der Waals surface area contributed by atoms with Gasteiger partial charge in [-0.3, -0.25) is 0 Å². The zero-order chi connectivity index (χ0) is 11.9. The summed E-state index contributed by atoms with van der Waals surface area (Å²) in [5.74, 6) is 0. The normalized spacial score (nSPS) is 10.6. The summed E-state index contributed by atoms with van der Waals surface area (Å²) in [5.41, 5.74) is 9.19. The van der Waals surface area contributed by atoms with Crippen molar-refractivity contribution in [3.8, 4) is 0 Å². The summed E-state index contributed by atoms with van der Waals surface area (Å²) in [7, 11) is 0. The number of nitrogens with two attached hydrogens (primary N) is 1. The van der Waals surface area contributed by atoms with Crippen LogP contribution in [0.4, 0.5) is 5.69 Å². The lowest BCUT2D eigenvalue weighted by Crippen LogP contribution is -2.15. The van der Waals surface area contributed by atoms with Crippen LogP contribution in [0, 0.1) is 0 Å². The molecule has 0 amide bonds. The molecule has 3 N–H and O–H groups in total.